The number of rotatable bonds is 6. The molecule has 6 nitrogen and oxygen atoms in total. The van der Waals surface area contributed by atoms with Crippen LogP contribution in [0.2, 0.25) is 0 Å². The number of nitrogens with one attached hydrogen (secondary N) is 2. The molecule has 0 radical (unpaired) electrons. The van der Waals surface area contributed by atoms with Gasteiger partial charge >= 0.3 is 5.97 Å². The van der Waals surface area contributed by atoms with E-state index >= 15 is 0 Å². The van der Waals surface area contributed by atoms with E-state index < -0.39 is 5.97 Å². The number of anilines is 2. The summed E-state index contributed by atoms with van der Waals surface area (Å²) in [5.41, 5.74) is 1.60. The van der Waals surface area contributed by atoms with Gasteiger partial charge in [-0.25, -0.2) is 0 Å². The fourth-order valence-corrected chi connectivity index (χ4v) is 3.19. The van der Waals surface area contributed by atoms with Crippen molar-refractivity contribution < 1.29 is 19.1 Å². The van der Waals surface area contributed by atoms with Crippen LogP contribution in [0.1, 0.15) is 22.2 Å². The van der Waals surface area contributed by atoms with Gasteiger partial charge in [-0.05, 0) is 53.9 Å². The molecular formula is C21H18N2O4S. The predicted octanol–water partition coefficient (Wildman–Crippen LogP) is 4.11. The van der Waals surface area contributed by atoms with Gasteiger partial charge in [-0.1, -0.05) is 12.1 Å². The fourth-order valence-electron chi connectivity index (χ4n) is 2.48. The third kappa shape index (κ3) is 5.52. The van der Waals surface area contributed by atoms with Gasteiger partial charge in [0.15, 0.2) is 0 Å². The van der Waals surface area contributed by atoms with Crippen LogP contribution in [0.15, 0.2) is 66.0 Å². The minimum absolute atomic E-state index is 0.0958. The van der Waals surface area contributed by atoms with Gasteiger partial charge in [0.1, 0.15) is 5.75 Å². The molecular weight excluding hydrogens is 376 g/mol. The normalized spacial score (nSPS) is 10.2. The molecule has 0 saturated heterocycles. The zero-order chi connectivity index (χ0) is 19.9. The third-order valence-corrected chi connectivity index (χ3v) is 4.58. The van der Waals surface area contributed by atoms with Crippen LogP contribution in [0, 0.1) is 0 Å². The fraction of sp³-hybridized carbons (Fsp3) is 0.0952. The summed E-state index contributed by atoms with van der Waals surface area (Å²) in [7, 11) is 0. The Balaban J connectivity index is 1.58. The van der Waals surface area contributed by atoms with Crippen LogP contribution in [-0.2, 0) is 16.0 Å². The van der Waals surface area contributed by atoms with Gasteiger partial charge in [0.25, 0.3) is 5.91 Å². The molecule has 0 fully saturated rings. The van der Waals surface area contributed by atoms with E-state index in [1.165, 1.54) is 24.3 Å². The van der Waals surface area contributed by atoms with E-state index in [1.807, 2.05) is 17.5 Å². The lowest BCUT2D eigenvalue weighted by Crippen LogP contribution is -2.14. The molecule has 0 unspecified atom stereocenters. The number of hydrogen-bond donors (Lipinski definition) is 2. The number of carbonyl (C=O) groups excluding carboxylic acids is 3. The van der Waals surface area contributed by atoms with Crippen molar-refractivity contribution in [3.63, 3.8) is 0 Å². The van der Waals surface area contributed by atoms with E-state index in [9.17, 15) is 14.4 Å². The molecule has 0 bridgehead atoms. The monoisotopic (exact) mass is 394 g/mol. The van der Waals surface area contributed by atoms with Crippen LogP contribution in [0.25, 0.3) is 0 Å². The Morgan fingerprint density at radius 1 is 0.929 bits per heavy atom. The lowest BCUT2D eigenvalue weighted by atomic mass is 10.2. The molecule has 1 aromatic heterocycles. The highest BCUT2D eigenvalue weighted by Crippen LogP contribution is 2.18. The second-order valence-corrected chi connectivity index (χ2v) is 6.99. The average Bonchev–Trinajstić information content (AvgIpc) is 3.16. The Morgan fingerprint density at radius 3 is 2.29 bits per heavy atom. The maximum atomic E-state index is 12.4. The SMILES string of the molecule is CC(=O)Oc1cccc(C(=O)Nc2ccc(NC(=O)Cc3cccs3)cc2)c1. The van der Waals surface area contributed by atoms with Crippen LogP contribution in [0.5, 0.6) is 5.75 Å². The standard InChI is InChI=1S/C21H18N2O4S/c1-14(24)27-18-5-2-4-15(12-18)21(26)23-17-9-7-16(8-10-17)22-20(25)13-19-6-3-11-28-19/h2-12H,13H2,1H3,(H,22,25)(H,23,26). The minimum Gasteiger partial charge on any atom is -0.427 e. The van der Waals surface area contributed by atoms with E-state index in [-0.39, 0.29) is 11.8 Å². The van der Waals surface area contributed by atoms with Crippen molar-refractivity contribution in [3.05, 3.63) is 76.5 Å². The summed E-state index contributed by atoms with van der Waals surface area (Å²) in [6, 6.07) is 17.0. The number of esters is 1. The largest absolute Gasteiger partial charge is 0.427 e. The van der Waals surface area contributed by atoms with Crippen molar-refractivity contribution in [2.75, 3.05) is 10.6 Å². The van der Waals surface area contributed by atoms with Crippen molar-refractivity contribution in [2.45, 2.75) is 13.3 Å². The summed E-state index contributed by atoms with van der Waals surface area (Å²) < 4.78 is 4.99. The summed E-state index contributed by atoms with van der Waals surface area (Å²) in [6.45, 7) is 1.30. The molecule has 0 saturated carbocycles. The van der Waals surface area contributed by atoms with Gasteiger partial charge < -0.3 is 15.4 Å². The summed E-state index contributed by atoms with van der Waals surface area (Å²) >= 11 is 1.54. The molecule has 1 heterocycles. The molecule has 3 aromatic rings. The highest BCUT2D eigenvalue weighted by Gasteiger charge is 2.09. The first-order valence-electron chi connectivity index (χ1n) is 8.52. The van der Waals surface area contributed by atoms with Gasteiger partial charge in [-0.15, -0.1) is 11.3 Å². The number of thiophene rings is 1. The van der Waals surface area contributed by atoms with Crippen LogP contribution in [0.3, 0.4) is 0 Å². The molecule has 0 aliphatic carbocycles. The first-order chi connectivity index (χ1) is 13.5. The Morgan fingerprint density at radius 2 is 1.64 bits per heavy atom. The smallest absolute Gasteiger partial charge is 0.308 e. The molecule has 3 rings (SSSR count). The lowest BCUT2D eigenvalue weighted by Gasteiger charge is -2.09. The van der Waals surface area contributed by atoms with E-state index in [0.717, 1.165) is 4.88 Å². The first kappa shape index (κ1) is 19.3. The molecule has 0 spiro atoms. The average molecular weight is 394 g/mol. The van der Waals surface area contributed by atoms with Gasteiger partial charge in [0, 0.05) is 28.7 Å². The minimum atomic E-state index is -0.450. The molecule has 0 atom stereocenters. The highest BCUT2D eigenvalue weighted by atomic mass is 32.1. The topological polar surface area (TPSA) is 84.5 Å². The van der Waals surface area contributed by atoms with E-state index in [1.54, 1.807) is 42.5 Å². The van der Waals surface area contributed by atoms with Crippen molar-refractivity contribution in [1.82, 2.24) is 0 Å². The molecule has 0 aliphatic heterocycles. The Hall–Kier alpha value is -3.45. The lowest BCUT2D eigenvalue weighted by molar-refractivity contribution is -0.131. The Bertz CT molecular complexity index is 982. The number of benzene rings is 2. The van der Waals surface area contributed by atoms with Gasteiger partial charge in [-0.2, -0.15) is 0 Å². The van der Waals surface area contributed by atoms with E-state index in [2.05, 4.69) is 10.6 Å². The number of carbonyl (C=O) groups is 3. The number of ether oxygens (including phenoxy) is 1. The Kier molecular flexibility index (Phi) is 6.18. The maximum absolute atomic E-state index is 12.4. The van der Waals surface area contributed by atoms with Crippen LogP contribution >= 0.6 is 11.3 Å². The van der Waals surface area contributed by atoms with Crippen LogP contribution in [-0.4, -0.2) is 17.8 Å². The van der Waals surface area contributed by atoms with Crippen molar-refractivity contribution in [1.29, 1.82) is 0 Å². The molecule has 7 heteroatoms. The molecule has 2 aromatic carbocycles. The van der Waals surface area contributed by atoms with Crippen molar-refractivity contribution in [3.8, 4) is 5.75 Å². The maximum Gasteiger partial charge on any atom is 0.308 e. The second kappa shape index (κ2) is 8.96. The summed E-state index contributed by atoms with van der Waals surface area (Å²) in [6.07, 6.45) is 0.328. The molecule has 2 amide bonds. The zero-order valence-electron chi connectivity index (χ0n) is 15.1. The summed E-state index contributed by atoms with van der Waals surface area (Å²) in [5, 5.41) is 7.52. The molecule has 142 valence electrons. The molecule has 28 heavy (non-hydrogen) atoms. The number of hydrogen-bond acceptors (Lipinski definition) is 5. The second-order valence-electron chi connectivity index (χ2n) is 5.96. The van der Waals surface area contributed by atoms with Gasteiger partial charge in [0.05, 0.1) is 6.42 Å². The van der Waals surface area contributed by atoms with Gasteiger partial charge in [0.2, 0.25) is 5.91 Å². The third-order valence-electron chi connectivity index (χ3n) is 3.70. The van der Waals surface area contributed by atoms with Crippen molar-refractivity contribution in [2.24, 2.45) is 0 Å². The number of amides is 2. The molecule has 0 aliphatic rings. The zero-order valence-corrected chi connectivity index (χ0v) is 15.9. The Labute approximate surface area is 166 Å². The highest BCUT2D eigenvalue weighted by molar-refractivity contribution is 7.10. The summed E-state index contributed by atoms with van der Waals surface area (Å²) in [4.78, 5) is 36.4. The van der Waals surface area contributed by atoms with E-state index in [4.69, 9.17) is 4.74 Å². The molecule has 2 N–H and O–H groups in total. The summed E-state index contributed by atoms with van der Waals surface area (Å²) in [5.74, 6) is -0.566. The predicted molar refractivity (Wildman–Crippen MR) is 109 cm³/mol. The first-order valence-corrected chi connectivity index (χ1v) is 9.40. The van der Waals surface area contributed by atoms with Crippen LogP contribution < -0.4 is 15.4 Å². The van der Waals surface area contributed by atoms with Crippen molar-refractivity contribution >= 4 is 40.5 Å². The van der Waals surface area contributed by atoms with E-state index in [0.29, 0.717) is 29.1 Å². The van der Waals surface area contributed by atoms with Gasteiger partial charge in [-0.3, -0.25) is 14.4 Å². The van der Waals surface area contributed by atoms with Crippen LogP contribution in [0.4, 0.5) is 11.4 Å². The quantitative estimate of drug-likeness (QED) is 0.487.